The first-order valence-corrected chi connectivity index (χ1v) is 8.46. The maximum atomic E-state index is 5.31. The van der Waals surface area contributed by atoms with E-state index in [0.29, 0.717) is 5.92 Å². The van der Waals surface area contributed by atoms with Gasteiger partial charge in [-0.15, -0.1) is 0 Å². The lowest BCUT2D eigenvalue weighted by atomic mass is 9.95. The number of hydrogen-bond acceptors (Lipinski definition) is 4. The van der Waals surface area contributed by atoms with Gasteiger partial charge in [0.25, 0.3) is 0 Å². The summed E-state index contributed by atoms with van der Waals surface area (Å²) in [7, 11) is 1.70. The molecule has 1 N–H and O–H groups in total. The van der Waals surface area contributed by atoms with E-state index in [1.165, 1.54) is 23.9 Å². The summed E-state index contributed by atoms with van der Waals surface area (Å²) in [4.78, 5) is 14.7. The molecule has 1 aliphatic heterocycles. The van der Waals surface area contributed by atoms with Crippen LogP contribution in [0.1, 0.15) is 30.1 Å². The van der Waals surface area contributed by atoms with E-state index in [9.17, 15) is 0 Å². The van der Waals surface area contributed by atoms with Gasteiger partial charge in [0.2, 0.25) is 0 Å². The molecule has 0 unspecified atom stereocenters. The normalized spacial score (nSPS) is 18.8. The molecule has 1 aromatic carbocycles. The van der Waals surface area contributed by atoms with E-state index in [1.54, 1.807) is 19.5 Å². The van der Waals surface area contributed by atoms with Crippen molar-refractivity contribution in [3.8, 4) is 5.75 Å². The minimum Gasteiger partial charge on any atom is -0.497 e. The summed E-state index contributed by atoms with van der Waals surface area (Å²) in [6.45, 7) is 3.11. The van der Waals surface area contributed by atoms with Crippen molar-refractivity contribution >= 4 is 10.9 Å². The Morgan fingerprint density at radius 3 is 3.08 bits per heavy atom. The number of likely N-dealkylation sites (tertiary alicyclic amines) is 1. The predicted molar refractivity (Wildman–Crippen MR) is 94.1 cm³/mol. The molecule has 124 valence electrons. The summed E-state index contributed by atoms with van der Waals surface area (Å²) in [5.41, 5.74) is 3.52. The van der Waals surface area contributed by atoms with Crippen LogP contribution in [0.25, 0.3) is 10.9 Å². The molecular weight excluding hydrogens is 300 g/mol. The molecule has 1 fully saturated rings. The van der Waals surface area contributed by atoms with Crippen LogP contribution in [-0.4, -0.2) is 40.1 Å². The number of piperidine rings is 1. The number of nitrogens with zero attached hydrogens (tertiary/aromatic N) is 3. The topological polar surface area (TPSA) is 54.0 Å². The van der Waals surface area contributed by atoms with Crippen molar-refractivity contribution in [2.24, 2.45) is 0 Å². The summed E-state index contributed by atoms with van der Waals surface area (Å²) >= 11 is 0. The van der Waals surface area contributed by atoms with E-state index in [0.717, 1.165) is 36.6 Å². The molecule has 1 aliphatic rings. The Morgan fingerprint density at radius 2 is 2.25 bits per heavy atom. The summed E-state index contributed by atoms with van der Waals surface area (Å²) in [5, 5.41) is 1.20. The molecule has 5 heteroatoms. The average molecular weight is 322 g/mol. The van der Waals surface area contributed by atoms with Gasteiger partial charge in [0, 0.05) is 54.2 Å². The van der Waals surface area contributed by atoms with E-state index >= 15 is 0 Å². The smallest absolute Gasteiger partial charge is 0.119 e. The molecule has 1 saturated heterocycles. The standard InChI is InChI=1S/C19H22N4O/c1-24-17-4-5-18-15(10-17)9-16(22-18)13-23-8-2-3-14(12-23)19-11-20-6-7-21-19/h4-7,9-11,14,22H,2-3,8,12-13H2,1H3/t14-/m0/s1. The molecule has 0 saturated carbocycles. The van der Waals surface area contributed by atoms with Crippen LogP contribution in [0.15, 0.2) is 42.9 Å². The highest BCUT2D eigenvalue weighted by Crippen LogP contribution is 2.27. The molecule has 0 aliphatic carbocycles. The molecule has 3 aromatic rings. The maximum absolute atomic E-state index is 5.31. The van der Waals surface area contributed by atoms with Crippen molar-refractivity contribution in [2.75, 3.05) is 20.2 Å². The van der Waals surface area contributed by atoms with Crippen molar-refractivity contribution in [3.05, 3.63) is 54.2 Å². The van der Waals surface area contributed by atoms with E-state index in [4.69, 9.17) is 4.74 Å². The van der Waals surface area contributed by atoms with Crippen molar-refractivity contribution < 1.29 is 4.74 Å². The number of fused-ring (bicyclic) bond motifs is 1. The van der Waals surface area contributed by atoms with Crippen molar-refractivity contribution in [2.45, 2.75) is 25.3 Å². The summed E-state index contributed by atoms with van der Waals surface area (Å²) < 4.78 is 5.31. The molecule has 0 bridgehead atoms. The van der Waals surface area contributed by atoms with Gasteiger partial charge in [-0.3, -0.25) is 14.9 Å². The highest BCUT2D eigenvalue weighted by molar-refractivity contribution is 5.81. The molecular formula is C19H22N4O. The SMILES string of the molecule is COc1ccc2[nH]c(CN3CCC[C@H](c4cnccn4)C3)cc2c1. The third-order valence-corrected chi connectivity index (χ3v) is 4.78. The molecule has 5 nitrogen and oxygen atoms in total. The van der Waals surface area contributed by atoms with Crippen LogP contribution in [0, 0.1) is 0 Å². The quantitative estimate of drug-likeness (QED) is 0.800. The Kier molecular flexibility index (Phi) is 4.17. The number of methoxy groups -OCH3 is 1. The van der Waals surface area contributed by atoms with Gasteiger partial charge in [0.1, 0.15) is 5.75 Å². The van der Waals surface area contributed by atoms with Gasteiger partial charge in [-0.05, 0) is 43.7 Å². The summed E-state index contributed by atoms with van der Waals surface area (Å²) in [6.07, 6.45) is 7.83. The molecule has 0 amide bonds. The molecule has 24 heavy (non-hydrogen) atoms. The van der Waals surface area contributed by atoms with Crippen LogP contribution in [0.3, 0.4) is 0 Å². The van der Waals surface area contributed by atoms with Gasteiger partial charge >= 0.3 is 0 Å². The minimum atomic E-state index is 0.483. The Labute approximate surface area is 141 Å². The predicted octanol–water partition coefficient (Wildman–Crippen LogP) is 3.35. The number of aromatic nitrogens is 3. The van der Waals surface area contributed by atoms with Gasteiger partial charge in [0.05, 0.1) is 12.8 Å². The molecule has 0 radical (unpaired) electrons. The van der Waals surface area contributed by atoms with Crippen LogP contribution in [0.4, 0.5) is 0 Å². The number of nitrogens with one attached hydrogen (secondary N) is 1. The Balaban J connectivity index is 1.48. The maximum Gasteiger partial charge on any atom is 0.119 e. The number of ether oxygens (including phenoxy) is 1. The van der Waals surface area contributed by atoms with E-state index in [2.05, 4.69) is 38.1 Å². The van der Waals surface area contributed by atoms with Crippen LogP contribution in [-0.2, 0) is 6.54 Å². The largest absolute Gasteiger partial charge is 0.497 e. The highest BCUT2D eigenvalue weighted by atomic mass is 16.5. The number of H-pyrrole nitrogens is 1. The Morgan fingerprint density at radius 1 is 1.29 bits per heavy atom. The first-order valence-electron chi connectivity index (χ1n) is 8.46. The van der Waals surface area contributed by atoms with Gasteiger partial charge in [0.15, 0.2) is 0 Å². The average Bonchev–Trinajstić information content (AvgIpc) is 3.04. The second-order valence-corrected chi connectivity index (χ2v) is 6.45. The molecule has 1 atom stereocenters. The zero-order chi connectivity index (χ0) is 16.4. The minimum absolute atomic E-state index is 0.483. The van der Waals surface area contributed by atoms with Gasteiger partial charge in [-0.25, -0.2) is 0 Å². The number of hydrogen-bond donors (Lipinski definition) is 1. The first-order chi connectivity index (χ1) is 11.8. The van der Waals surface area contributed by atoms with Crippen LogP contribution in [0.5, 0.6) is 5.75 Å². The lowest BCUT2D eigenvalue weighted by Crippen LogP contribution is -2.34. The van der Waals surface area contributed by atoms with E-state index in [-0.39, 0.29) is 0 Å². The third kappa shape index (κ3) is 3.12. The number of aromatic amines is 1. The van der Waals surface area contributed by atoms with Crippen LogP contribution >= 0.6 is 0 Å². The van der Waals surface area contributed by atoms with Crippen molar-refractivity contribution in [1.82, 2.24) is 19.9 Å². The van der Waals surface area contributed by atoms with Crippen molar-refractivity contribution in [1.29, 1.82) is 0 Å². The third-order valence-electron chi connectivity index (χ3n) is 4.78. The van der Waals surface area contributed by atoms with Crippen LogP contribution in [0.2, 0.25) is 0 Å². The fourth-order valence-electron chi connectivity index (χ4n) is 3.59. The fourth-order valence-corrected chi connectivity index (χ4v) is 3.59. The zero-order valence-electron chi connectivity index (χ0n) is 13.9. The molecule has 0 spiro atoms. The Bertz CT molecular complexity index is 815. The monoisotopic (exact) mass is 322 g/mol. The van der Waals surface area contributed by atoms with Gasteiger partial charge < -0.3 is 9.72 Å². The molecule has 3 heterocycles. The Hall–Kier alpha value is -2.40. The highest BCUT2D eigenvalue weighted by Gasteiger charge is 2.22. The van der Waals surface area contributed by atoms with Gasteiger partial charge in [-0.2, -0.15) is 0 Å². The van der Waals surface area contributed by atoms with Crippen molar-refractivity contribution in [3.63, 3.8) is 0 Å². The summed E-state index contributed by atoms with van der Waals surface area (Å²) in [6, 6.07) is 8.38. The first kappa shape index (κ1) is 15.1. The van der Waals surface area contributed by atoms with Gasteiger partial charge in [-0.1, -0.05) is 0 Å². The number of benzene rings is 1. The second kappa shape index (κ2) is 6.61. The molecule has 2 aromatic heterocycles. The van der Waals surface area contributed by atoms with E-state index in [1.807, 2.05) is 12.3 Å². The zero-order valence-corrected chi connectivity index (χ0v) is 13.9. The van der Waals surface area contributed by atoms with Crippen LogP contribution < -0.4 is 4.74 Å². The number of rotatable bonds is 4. The lowest BCUT2D eigenvalue weighted by Gasteiger charge is -2.31. The van der Waals surface area contributed by atoms with E-state index < -0.39 is 0 Å². The fraction of sp³-hybridized carbons (Fsp3) is 0.368. The summed E-state index contributed by atoms with van der Waals surface area (Å²) in [5.74, 6) is 1.38. The second-order valence-electron chi connectivity index (χ2n) is 6.45. The lowest BCUT2D eigenvalue weighted by molar-refractivity contribution is 0.196. The molecule has 4 rings (SSSR count).